The van der Waals surface area contributed by atoms with Gasteiger partial charge in [-0.15, -0.1) is 11.3 Å². The molecule has 26 heavy (non-hydrogen) atoms. The Labute approximate surface area is 157 Å². The molecule has 136 valence electrons. The lowest BCUT2D eigenvalue weighted by Gasteiger charge is -2.18. The number of anilines is 1. The van der Waals surface area contributed by atoms with Crippen molar-refractivity contribution in [2.45, 2.75) is 40.2 Å². The molecule has 0 aliphatic heterocycles. The van der Waals surface area contributed by atoms with E-state index in [1.54, 1.807) is 11.3 Å². The molecule has 0 bridgehead atoms. The maximum atomic E-state index is 11.7. The Bertz CT molecular complexity index is 932. The van der Waals surface area contributed by atoms with Gasteiger partial charge in [0.15, 0.2) is 0 Å². The third kappa shape index (κ3) is 3.85. The average Bonchev–Trinajstić information content (AvgIpc) is 2.98. The van der Waals surface area contributed by atoms with Gasteiger partial charge in [-0.2, -0.15) is 0 Å². The van der Waals surface area contributed by atoms with Crippen molar-refractivity contribution in [3.63, 3.8) is 0 Å². The highest BCUT2D eigenvalue weighted by molar-refractivity contribution is 7.17. The first kappa shape index (κ1) is 18.3. The van der Waals surface area contributed by atoms with Crippen LogP contribution in [-0.2, 0) is 4.79 Å². The smallest absolute Gasteiger partial charge is 0.326 e. The van der Waals surface area contributed by atoms with E-state index in [0.717, 1.165) is 21.3 Å². The number of carboxylic acids is 1. The highest BCUT2D eigenvalue weighted by Crippen LogP contribution is 2.37. The SMILES string of the molecule is Cc1ccc(-c2csc3nc(C)nc(NC(CC(C)C)C(=O)O)c23)cc1. The summed E-state index contributed by atoms with van der Waals surface area (Å²) in [7, 11) is 0. The van der Waals surface area contributed by atoms with Gasteiger partial charge in [-0.25, -0.2) is 14.8 Å². The summed E-state index contributed by atoms with van der Waals surface area (Å²) in [6, 6.07) is 7.60. The summed E-state index contributed by atoms with van der Waals surface area (Å²) in [5.41, 5.74) is 3.30. The van der Waals surface area contributed by atoms with E-state index in [9.17, 15) is 9.90 Å². The van der Waals surface area contributed by atoms with Crippen molar-refractivity contribution in [3.05, 3.63) is 41.0 Å². The zero-order chi connectivity index (χ0) is 18.8. The second-order valence-corrected chi connectivity index (χ2v) is 7.84. The van der Waals surface area contributed by atoms with Crippen molar-refractivity contribution in [3.8, 4) is 11.1 Å². The first-order chi connectivity index (χ1) is 12.3. The number of nitrogens with zero attached hydrogens (tertiary/aromatic N) is 2. The molecule has 1 unspecified atom stereocenters. The maximum Gasteiger partial charge on any atom is 0.326 e. The molecule has 6 heteroatoms. The molecule has 0 saturated heterocycles. The third-order valence-corrected chi connectivity index (χ3v) is 5.10. The van der Waals surface area contributed by atoms with Crippen molar-refractivity contribution in [1.29, 1.82) is 0 Å². The van der Waals surface area contributed by atoms with Crippen LogP contribution in [0.4, 0.5) is 5.82 Å². The molecule has 0 aliphatic carbocycles. The Hall–Kier alpha value is -2.47. The zero-order valence-corrected chi connectivity index (χ0v) is 16.2. The Morgan fingerprint density at radius 1 is 1.19 bits per heavy atom. The summed E-state index contributed by atoms with van der Waals surface area (Å²) in [5, 5.41) is 15.7. The van der Waals surface area contributed by atoms with E-state index in [4.69, 9.17) is 0 Å². The molecule has 0 aliphatic rings. The number of thiophene rings is 1. The summed E-state index contributed by atoms with van der Waals surface area (Å²) in [5.74, 6) is 0.625. The van der Waals surface area contributed by atoms with Crippen LogP contribution in [0.1, 0.15) is 31.7 Å². The van der Waals surface area contributed by atoms with E-state index in [1.165, 1.54) is 5.56 Å². The molecular formula is C20H23N3O2S. The third-order valence-electron chi connectivity index (χ3n) is 4.22. The molecule has 2 heterocycles. The number of fused-ring (bicyclic) bond motifs is 1. The lowest BCUT2D eigenvalue weighted by atomic mass is 10.0. The lowest BCUT2D eigenvalue weighted by Crippen LogP contribution is -2.31. The van der Waals surface area contributed by atoms with E-state index in [2.05, 4.69) is 51.9 Å². The molecule has 0 spiro atoms. The number of carboxylic acid groups (broad SMARTS) is 1. The maximum absolute atomic E-state index is 11.7. The van der Waals surface area contributed by atoms with E-state index in [-0.39, 0.29) is 5.92 Å². The quantitative estimate of drug-likeness (QED) is 0.647. The van der Waals surface area contributed by atoms with Gasteiger partial charge in [-0.3, -0.25) is 0 Å². The molecular weight excluding hydrogens is 346 g/mol. The van der Waals surface area contributed by atoms with Gasteiger partial charge in [0, 0.05) is 10.9 Å². The molecule has 0 radical (unpaired) electrons. The summed E-state index contributed by atoms with van der Waals surface area (Å²) in [6.45, 7) is 7.91. The number of carbonyl (C=O) groups is 1. The predicted molar refractivity (Wildman–Crippen MR) is 107 cm³/mol. The Balaban J connectivity index is 2.10. The van der Waals surface area contributed by atoms with Gasteiger partial charge in [-0.05, 0) is 31.7 Å². The second-order valence-electron chi connectivity index (χ2n) is 6.98. The van der Waals surface area contributed by atoms with E-state index in [1.807, 2.05) is 20.8 Å². The van der Waals surface area contributed by atoms with Crippen molar-refractivity contribution < 1.29 is 9.90 Å². The van der Waals surface area contributed by atoms with Crippen LogP contribution in [-0.4, -0.2) is 27.1 Å². The number of aryl methyl sites for hydroxylation is 2. The summed E-state index contributed by atoms with van der Waals surface area (Å²) >= 11 is 1.55. The van der Waals surface area contributed by atoms with Crippen molar-refractivity contribution in [2.75, 3.05) is 5.32 Å². The number of aliphatic carboxylic acids is 1. The predicted octanol–water partition coefficient (Wildman–Crippen LogP) is 4.89. The summed E-state index contributed by atoms with van der Waals surface area (Å²) in [6.07, 6.45) is 0.532. The summed E-state index contributed by atoms with van der Waals surface area (Å²) < 4.78 is 0. The molecule has 0 fully saturated rings. The number of nitrogens with one attached hydrogen (secondary N) is 1. The average molecular weight is 369 g/mol. The van der Waals surface area contributed by atoms with Crippen LogP contribution >= 0.6 is 11.3 Å². The highest BCUT2D eigenvalue weighted by atomic mass is 32.1. The molecule has 3 aromatic rings. The fourth-order valence-electron chi connectivity index (χ4n) is 2.96. The van der Waals surface area contributed by atoms with Crippen molar-refractivity contribution >= 4 is 33.3 Å². The molecule has 3 rings (SSSR count). The van der Waals surface area contributed by atoms with Gasteiger partial charge in [0.1, 0.15) is 22.5 Å². The molecule has 0 amide bonds. The van der Waals surface area contributed by atoms with Gasteiger partial charge in [-0.1, -0.05) is 43.7 Å². The first-order valence-corrected chi connectivity index (χ1v) is 9.55. The molecule has 2 aromatic heterocycles. The number of hydrogen-bond acceptors (Lipinski definition) is 5. The highest BCUT2D eigenvalue weighted by Gasteiger charge is 2.22. The minimum atomic E-state index is -0.866. The topological polar surface area (TPSA) is 75.1 Å². The molecule has 0 saturated carbocycles. The van der Waals surface area contributed by atoms with Gasteiger partial charge in [0.25, 0.3) is 0 Å². The zero-order valence-electron chi connectivity index (χ0n) is 15.4. The number of hydrogen-bond donors (Lipinski definition) is 2. The minimum Gasteiger partial charge on any atom is -0.480 e. The van der Waals surface area contributed by atoms with Gasteiger partial charge >= 0.3 is 5.97 Å². The number of aromatic nitrogens is 2. The van der Waals surface area contributed by atoms with Crippen LogP contribution < -0.4 is 5.32 Å². The van der Waals surface area contributed by atoms with Crippen LogP contribution in [0.25, 0.3) is 21.3 Å². The lowest BCUT2D eigenvalue weighted by molar-refractivity contribution is -0.138. The Morgan fingerprint density at radius 3 is 2.50 bits per heavy atom. The largest absolute Gasteiger partial charge is 0.480 e. The Kier molecular flexibility index (Phi) is 5.23. The molecule has 2 N–H and O–H groups in total. The van der Waals surface area contributed by atoms with E-state index < -0.39 is 12.0 Å². The van der Waals surface area contributed by atoms with Crippen molar-refractivity contribution in [1.82, 2.24) is 9.97 Å². The fourth-order valence-corrected chi connectivity index (χ4v) is 3.95. The summed E-state index contributed by atoms with van der Waals surface area (Å²) in [4.78, 5) is 21.6. The van der Waals surface area contributed by atoms with Crippen LogP contribution in [0.5, 0.6) is 0 Å². The van der Waals surface area contributed by atoms with Crippen LogP contribution in [0.2, 0.25) is 0 Å². The van der Waals surface area contributed by atoms with E-state index in [0.29, 0.717) is 18.1 Å². The standard InChI is InChI=1S/C20H23N3O2S/c1-11(2)9-16(20(24)25)23-18-17-15(14-7-5-12(3)6-8-14)10-26-19(17)22-13(4)21-18/h5-8,10-11,16H,9H2,1-4H3,(H,24,25)(H,21,22,23). The van der Waals surface area contributed by atoms with Gasteiger partial charge in [0.2, 0.25) is 0 Å². The fraction of sp³-hybridized carbons (Fsp3) is 0.350. The monoisotopic (exact) mass is 369 g/mol. The Morgan fingerprint density at radius 2 is 1.88 bits per heavy atom. The van der Waals surface area contributed by atoms with Crippen LogP contribution in [0.15, 0.2) is 29.6 Å². The first-order valence-electron chi connectivity index (χ1n) is 8.67. The molecule has 1 aromatic carbocycles. The minimum absolute atomic E-state index is 0.265. The van der Waals surface area contributed by atoms with Gasteiger partial charge < -0.3 is 10.4 Å². The normalized spacial score (nSPS) is 12.5. The second kappa shape index (κ2) is 7.41. The van der Waals surface area contributed by atoms with Crippen LogP contribution in [0, 0.1) is 19.8 Å². The van der Waals surface area contributed by atoms with Gasteiger partial charge in [0.05, 0.1) is 5.39 Å². The van der Waals surface area contributed by atoms with E-state index >= 15 is 0 Å². The van der Waals surface area contributed by atoms with Crippen LogP contribution in [0.3, 0.4) is 0 Å². The number of rotatable bonds is 6. The number of benzene rings is 1. The molecule has 1 atom stereocenters. The molecule has 5 nitrogen and oxygen atoms in total. The van der Waals surface area contributed by atoms with Crippen molar-refractivity contribution in [2.24, 2.45) is 5.92 Å².